The van der Waals surface area contributed by atoms with Crippen LogP contribution >= 0.6 is 0 Å². The van der Waals surface area contributed by atoms with Gasteiger partial charge in [0.2, 0.25) is 0 Å². The Morgan fingerprint density at radius 3 is 2.67 bits per heavy atom. The Morgan fingerprint density at radius 2 is 1.92 bits per heavy atom. The van der Waals surface area contributed by atoms with Gasteiger partial charge in [0.25, 0.3) is 5.91 Å². The zero-order chi connectivity index (χ0) is 16.7. The molecule has 0 N–H and O–H groups in total. The molecule has 0 aromatic heterocycles. The lowest BCUT2D eigenvalue weighted by atomic mass is 9.75. The maximum atomic E-state index is 12.3. The number of anilines is 1. The molecule has 0 fully saturated rings. The zero-order valence-corrected chi connectivity index (χ0v) is 14.0. The van der Waals surface area contributed by atoms with Crippen LogP contribution in [0, 0.1) is 5.92 Å². The first-order chi connectivity index (χ1) is 11.7. The molecule has 0 aliphatic carbocycles. The standard InChI is InChI=1S/C21H21NO2/c1-14-17(12-15-6-4-3-5-7-15)18-13-16(24-2)8-9-20(18)22-19(14)10-11-21(22)23/h3-11,13-14,17,19H,12H2,1-2H3/t14-,17-,19-/m1/s1. The summed E-state index contributed by atoms with van der Waals surface area (Å²) in [5, 5.41) is 0. The average Bonchev–Trinajstić information content (AvgIpc) is 3.01. The van der Waals surface area contributed by atoms with Gasteiger partial charge >= 0.3 is 0 Å². The first-order valence-electron chi connectivity index (χ1n) is 8.42. The van der Waals surface area contributed by atoms with Crippen molar-refractivity contribution in [3.63, 3.8) is 0 Å². The van der Waals surface area contributed by atoms with Crippen LogP contribution in [0.25, 0.3) is 0 Å². The van der Waals surface area contributed by atoms with E-state index in [1.807, 2.05) is 23.1 Å². The number of fused-ring (bicyclic) bond motifs is 3. The molecule has 2 aromatic carbocycles. The van der Waals surface area contributed by atoms with Crippen LogP contribution in [-0.2, 0) is 11.2 Å². The van der Waals surface area contributed by atoms with Crippen molar-refractivity contribution >= 4 is 11.6 Å². The molecule has 0 unspecified atom stereocenters. The highest BCUT2D eigenvalue weighted by atomic mass is 16.5. The van der Waals surface area contributed by atoms with Crippen LogP contribution in [0.5, 0.6) is 5.75 Å². The van der Waals surface area contributed by atoms with Gasteiger partial charge in [0, 0.05) is 11.8 Å². The van der Waals surface area contributed by atoms with Gasteiger partial charge < -0.3 is 9.64 Å². The Balaban J connectivity index is 1.81. The Kier molecular flexibility index (Phi) is 3.64. The molecule has 0 radical (unpaired) electrons. The molecule has 3 nitrogen and oxygen atoms in total. The number of amides is 1. The molecule has 1 amide bonds. The first-order valence-corrected chi connectivity index (χ1v) is 8.42. The molecule has 3 heteroatoms. The molecular weight excluding hydrogens is 298 g/mol. The van der Waals surface area contributed by atoms with Crippen molar-refractivity contribution in [2.75, 3.05) is 12.0 Å². The fourth-order valence-corrected chi connectivity index (χ4v) is 4.04. The Labute approximate surface area is 142 Å². The normalized spacial score (nSPS) is 24.7. The lowest BCUT2D eigenvalue weighted by Gasteiger charge is -2.42. The highest BCUT2D eigenvalue weighted by Gasteiger charge is 2.42. The van der Waals surface area contributed by atoms with E-state index in [1.54, 1.807) is 13.2 Å². The summed E-state index contributed by atoms with van der Waals surface area (Å²) in [5.41, 5.74) is 3.55. The summed E-state index contributed by atoms with van der Waals surface area (Å²) in [6, 6.07) is 16.8. The number of hydrogen-bond donors (Lipinski definition) is 0. The molecule has 122 valence electrons. The van der Waals surface area contributed by atoms with Gasteiger partial charge in [-0.3, -0.25) is 4.79 Å². The second kappa shape index (κ2) is 5.82. The summed E-state index contributed by atoms with van der Waals surface area (Å²) < 4.78 is 5.43. The van der Waals surface area contributed by atoms with Crippen LogP contribution in [0.15, 0.2) is 60.7 Å². The molecule has 2 aliphatic rings. The molecule has 0 bridgehead atoms. The molecule has 2 aliphatic heterocycles. The van der Waals surface area contributed by atoms with Crippen molar-refractivity contribution in [3.8, 4) is 5.75 Å². The first kappa shape index (κ1) is 15.0. The quantitative estimate of drug-likeness (QED) is 0.857. The number of benzene rings is 2. The van der Waals surface area contributed by atoms with Crippen LogP contribution in [-0.4, -0.2) is 19.1 Å². The number of methoxy groups -OCH3 is 1. The van der Waals surface area contributed by atoms with Crippen LogP contribution in [0.1, 0.15) is 24.0 Å². The molecule has 0 saturated heterocycles. The molecule has 2 aromatic rings. The molecule has 3 atom stereocenters. The van der Waals surface area contributed by atoms with E-state index >= 15 is 0 Å². The van der Waals surface area contributed by atoms with Crippen LogP contribution in [0.2, 0.25) is 0 Å². The van der Waals surface area contributed by atoms with Gasteiger partial charge in [-0.1, -0.05) is 43.3 Å². The van der Waals surface area contributed by atoms with E-state index < -0.39 is 0 Å². The predicted molar refractivity (Wildman–Crippen MR) is 95.5 cm³/mol. The van der Waals surface area contributed by atoms with Crippen molar-refractivity contribution in [1.82, 2.24) is 0 Å². The van der Waals surface area contributed by atoms with Gasteiger partial charge in [-0.15, -0.1) is 0 Å². The van der Waals surface area contributed by atoms with Crippen LogP contribution in [0.4, 0.5) is 5.69 Å². The van der Waals surface area contributed by atoms with E-state index in [0.717, 1.165) is 17.9 Å². The van der Waals surface area contributed by atoms with E-state index in [0.29, 0.717) is 11.8 Å². The van der Waals surface area contributed by atoms with Gasteiger partial charge in [-0.25, -0.2) is 0 Å². The van der Waals surface area contributed by atoms with Gasteiger partial charge in [-0.2, -0.15) is 0 Å². The van der Waals surface area contributed by atoms with E-state index in [-0.39, 0.29) is 11.9 Å². The zero-order valence-electron chi connectivity index (χ0n) is 14.0. The fourth-order valence-electron chi connectivity index (χ4n) is 4.04. The van der Waals surface area contributed by atoms with E-state index in [1.165, 1.54) is 11.1 Å². The summed E-state index contributed by atoms with van der Waals surface area (Å²) in [4.78, 5) is 14.3. The molecule has 2 heterocycles. The highest BCUT2D eigenvalue weighted by Crippen LogP contribution is 2.46. The minimum Gasteiger partial charge on any atom is -0.497 e. The van der Waals surface area contributed by atoms with Crippen molar-refractivity contribution < 1.29 is 9.53 Å². The third-order valence-corrected chi connectivity index (χ3v) is 5.34. The number of nitrogens with zero attached hydrogens (tertiary/aromatic N) is 1. The number of ether oxygens (including phenoxy) is 1. The monoisotopic (exact) mass is 319 g/mol. The molecule has 4 rings (SSSR count). The molecule has 24 heavy (non-hydrogen) atoms. The maximum Gasteiger partial charge on any atom is 0.251 e. The number of carbonyl (C=O) groups is 1. The van der Waals surface area contributed by atoms with Crippen molar-refractivity contribution in [1.29, 1.82) is 0 Å². The van der Waals surface area contributed by atoms with Gasteiger partial charge in [0.05, 0.1) is 13.2 Å². The lowest BCUT2D eigenvalue weighted by molar-refractivity contribution is -0.114. The van der Waals surface area contributed by atoms with Crippen molar-refractivity contribution in [2.24, 2.45) is 5.92 Å². The van der Waals surface area contributed by atoms with E-state index in [4.69, 9.17) is 4.74 Å². The molecule has 0 saturated carbocycles. The second-order valence-corrected chi connectivity index (χ2v) is 6.64. The Morgan fingerprint density at radius 1 is 1.12 bits per heavy atom. The summed E-state index contributed by atoms with van der Waals surface area (Å²) in [5.74, 6) is 1.63. The summed E-state index contributed by atoms with van der Waals surface area (Å²) in [6.07, 6.45) is 4.73. The van der Waals surface area contributed by atoms with Gasteiger partial charge in [0.1, 0.15) is 5.75 Å². The summed E-state index contributed by atoms with van der Waals surface area (Å²) in [7, 11) is 1.69. The third-order valence-electron chi connectivity index (χ3n) is 5.34. The topological polar surface area (TPSA) is 29.5 Å². The average molecular weight is 319 g/mol. The Hall–Kier alpha value is -2.55. The largest absolute Gasteiger partial charge is 0.497 e. The number of carbonyl (C=O) groups excluding carboxylic acids is 1. The van der Waals surface area contributed by atoms with Crippen molar-refractivity contribution in [2.45, 2.75) is 25.3 Å². The van der Waals surface area contributed by atoms with Gasteiger partial charge in [0.15, 0.2) is 0 Å². The second-order valence-electron chi connectivity index (χ2n) is 6.64. The van der Waals surface area contributed by atoms with E-state index in [2.05, 4.69) is 43.3 Å². The number of hydrogen-bond acceptors (Lipinski definition) is 2. The minimum absolute atomic E-state index is 0.0800. The smallest absolute Gasteiger partial charge is 0.251 e. The molecular formula is C21H21NO2. The number of rotatable bonds is 3. The lowest BCUT2D eigenvalue weighted by Crippen LogP contribution is -2.45. The molecule has 0 spiro atoms. The highest BCUT2D eigenvalue weighted by molar-refractivity contribution is 6.06. The summed E-state index contributed by atoms with van der Waals surface area (Å²) >= 11 is 0. The van der Waals surface area contributed by atoms with Gasteiger partial charge in [-0.05, 0) is 47.6 Å². The van der Waals surface area contributed by atoms with Crippen LogP contribution < -0.4 is 9.64 Å². The predicted octanol–water partition coefficient (Wildman–Crippen LogP) is 3.94. The summed E-state index contributed by atoms with van der Waals surface area (Å²) in [6.45, 7) is 2.25. The Bertz CT molecular complexity index is 797. The van der Waals surface area contributed by atoms with Crippen LogP contribution in [0.3, 0.4) is 0 Å². The fraction of sp³-hybridized carbons (Fsp3) is 0.286. The SMILES string of the molecule is COc1ccc2c(c1)[C@H](Cc1ccccc1)[C@@H](C)[C@H]1C=CC(=O)N21. The van der Waals surface area contributed by atoms with Crippen molar-refractivity contribution in [3.05, 3.63) is 71.8 Å². The van der Waals surface area contributed by atoms with E-state index in [9.17, 15) is 4.79 Å². The maximum absolute atomic E-state index is 12.3. The third kappa shape index (κ3) is 2.32. The minimum atomic E-state index is 0.0800.